The summed E-state index contributed by atoms with van der Waals surface area (Å²) in [6.07, 6.45) is 3.63. The summed E-state index contributed by atoms with van der Waals surface area (Å²) in [5.74, 6) is 0. The second-order valence-corrected chi connectivity index (χ2v) is 5.71. The average molecular weight is 282 g/mol. The molecule has 0 spiro atoms. The number of likely N-dealkylation sites (tertiary alicyclic amines) is 1. The van der Waals surface area contributed by atoms with E-state index in [2.05, 4.69) is 11.0 Å². The van der Waals surface area contributed by atoms with Crippen molar-refractivity contribution in [3.8, 4) is 0 Å². The van der Waals surface area contributed by atoms with Gasteiger partial charge in [-0.15, -0.1) is 0 Å². The molecule has 2 fully saturated rings. The Morgan fingerprint density at radius 1 is 1.21 bits per heavy atom. The second kappa shape index (κ2) is 6.23. The molecule has 0 aliphatic carbocycles. The highest BCUT2D eigenvalue weighted by Crippen LogP contribution is 2.26. The molecule has 1 aromatic rings. The molecular weight excluding hydrogens is 262 g/mol. The van der Waals surface area contributed by atoms with Crippen LogP contribution in [0.4, 0.5) is 0 Å². The summed E-state index contributed by atoms with van der Waals surface area (Å²) in [4.78, 5) is 2.48. The van der Waals surface area contributed by atoms with Gasteiger partial charge in [0, 0.05) is 11.6 Å². The minimum atomic E-state index is -0.0421. The highest BCUT2D eigenvalue weighted by atomic mass is 35.5. The Morgan fingerprint density at radius 2 is 2.05 bits per heavy atom. The number of rotatable bonds is 3. The van der Waals surface area contributed by atoms with E-state index in [4.69, 9.17) is 21.1 Å². The molecule has 0 bridgehead atoms. The lowest BCUT2D eigenvalue weighted by molar-refractivity contribution is -0.111. The Morgan fingerprint density at radius 3 is 2.84 bits per heavy atom. The summed E-state index contributed by atoms with van der Waals surface area (Å²) < 4.78 is 11.4. The first-order valence-electron chi connectivity index (χ1n) is 7.04. The van der Waals surface area contributed by atoms with Gasteiger partial charge in [0.25, 0.3) is 0 Å². The fraction of sp³-hybridized carbons (Fsp3) is 0.600. The molecular formula is C15H20ClNO2. The smallest absolute Gasteiger partial charge is 0.173 e. The van der Waals surface area contributed by atoms with Crippen LogP contribution in [-0.2, 0) is 16.0 Å². The second-order valence-electron chi connectivity index (χ2n) is 5.27. The summed E-state index contributed by atoms with van der Waals surface area (Å²) in [5.41, 5.74) is 1.26. The Bertz CT molecular complexity index is 420. The molecule has 4 heteroatoms. The van der Waals surface area contributed by atoms with E-state index >= 15 is 0 Å². The monoisotopic (exact) mass is 281 g/mol. The molecule has 2 aliphatic rings. The Hall–Kier alpha value is -0.610. The first-order valence-corrected chi connectivity index (χ1v) is 7.42. The van der Waals surface area contributed by atoms with Gasteiger partial charge in [-0.05, 0) is 37.1 Å². The van der Waals surface area contributed by atoms with Crippen LogP contribution in [0.2, 0.25) is 5.02 Å². The molecule has 104 valence electrons. The molecule has 0 radical (unpaired) electrons. The van der Waals surface area contributed by atoms with E-state index in [0.717, 1.165) is 37.7 Å². The molecule has 0 saturated carbocycles. The first kappa shape index (κ1) is 13.4. The van der Waals surface area contributed by atoms with Crippen LogP contribution in [0.3, 0.4) is 0 Å². The van der Waals surface area contributed by atoms with Gasteiger partial charge in [0.15, 0.2) is 6.29 Å². The maximum absolute atomic E-state index is 6.06. The van der Waals surface area contributed by atoms with E-state index in [0.29, 0.717) is 6.04 Å². The summed E-state index contributed by atoms with van der Waals surface area (Å²) in [5, 5.41) is 0.805. The summed E-state index contributed by atoms with van der Waals surface area (Å²) in [6, 6.07) is 8.49. The van der Waals surface area contributed by atoms with E-state index in [1.165, 1.54) is 18.4 Å². The van der Waals surface area contributed by atoms with Gasteiger partial charge < -0.3 is 9.47 Å². The zero-order chi connectivity index (χ0) is 13.1. The third kappa shape index (κ3) is 3.29. The van der Waals surface area contributed by atoms with Gasteiger partial charge in [0.05, 0.1) is 19.3 Å². The SMILES string of the molecule is Clc1cccc(CN2CCCCC2C2OCCO2)c1. The van der Waals surface area contributed by atoms with Gasteiger partial charge in [-0.2, -0.15) is 0 Å². The van der Waals surface area contributed by atoms with Gasteiger partial charge in [0.1, 0.15) is 0 Å². The van der Waals surface area contributed by atoms with Crippen molar-refractivity contribution in [2.24, 2.45) is 0 Å². The largest absolute Gasteiger partial charge is 0.349 e. The highest BCUT2D eigenvalue weighted by Gasteiger charge is 2.33. The molecule has 3 rings (SSSR count). The normalized spacial score (nSPS) is 25.8. The van der Waals surface area contributed by atoms with Crippen LogP contribution in [-0.4, -0.2) is 37.0 Å². The van der Waals surface area contributed by atoms with E-state index < -0.39 is 0 Å². The Labute approximate surface area is 119 Å². The van der Waals surface area contributed by atoms with Crippen LogP contribution in [0, 0.1) is 0 Å². The van der Waals surface area contributed by atoms with Gasteiger partial charge in [-0.25, -0.2) is 0 Å². The fourth-order valence-electron chi connectivity index (χ4n) is 2.99. The van der Waals surface area contributed by atoms with Gasteiger partial charge >= 0.3 is 0 Å². The third-order valence-corrected chi connectivity index (χ3v) is 4.14. The lowest BCUT2D eigenvalue weighted by atomic mass is 10.0. The number of ether oxygens (including phenoxy) is 2. The minimum absolute atomic E-state index is 0.0421. The molecule has 0 amide bonds. The standard InChI is InChI=1S/C15H20ClNO2/c16-13-5-3-4-12(10-13)11-17-7-2-1-6-14(17)15-18-8-9-19-15/h3-5,10,14-15H,1-2,6-9,11H2. The van der Waals surface area contributed by atoms with E-state index in [9.17, 15) is 0 Å². The summed E-state index contributed by atoms with van der Waals surface area (Å²) in [7, 11) is 0. The van der Waals surface area contributed by atoms with Crippen molar-refractivity contribution in [1.82, 2.24) is 4.90 Å². The minimum Gasteiger partial charge on any atom is -0.349 e. The predicted molar refractivity (Wildman–Crippen MR) is 75.2 cm³/mol. The Balaban J connectivity index is 1.69. The van der Waals surface area contributed by atoms with E-state index in [1.54, 1.807) is 0 Å². The molecule has 1 atom stereocenters. The molecule has 2 aliphatic heterocycles. The van der Waals surface area contributed by atoms with Crippen molar-refractivity contribution < 1.29 is 9.47 Å². The van der Waals surface area contributed by atoms with Crippen molar-refractivity contribution in [2.75, 3.05) is 19.8 Å². The maximum atomic E-state index is 6.06. The quantitative estimate of drug-likeness (QED) is 0.850. The van der Waals surface area contributed by atoms with Crippen LogP contribution >= 0.6 is 11.6 Å². The van der Waals surface area contributed by atoms with Crippen LogP contribution in [0.15, 0.2) is 24.3 Å². The first-order chi connectivity index (χ1) is 9.33. The lowest BCUT2D eigenvalue weighted by Crippen LogP contribution is -2.46. The van der Waals surface area contributed by atoms with Crippen LogP contribution in [0.25, 0.3) is 0 Å². The molecule has 0 aromatic heterocycles. The molecule has 3 nitrogen and oxygen atoms in total. The molecule has 2 saturated heterocycles. The van der Waals surface area contributed by atoms with Crippen molar-refractivity contribution in [2.45, 2.75) is 38.1 Å². The zero-order valence-corrected chi connectivity index (χ0v) is 11.8. The molecule has 0 N–H and O–H groups in total. The number of hydrogen-bond acceptors (Lipinski definition) is 3. The fourth-order valence-corrected chi connectivity index (χ4v) is 3.20. The number of benzene rings is 1. The van der Waals surface area contributed by atoms with Crippen LogP contribution in [0.5, 0.6) is 0 Å². The van der Waals surface area contributed by atoms with Crippen molar-refractivity contribution in [3.05, 3.63) is 34.9 Å². The van der Waals surface area contributed by atoms with E-state index in [-0.39, 0.29) is 6.29 Å². The maximum Gasteiger partial charge on any atom is 0.173 e. The van der Waals surface area contributed by atoms with Gasteiger partial charge in [0.2, 0.25) is 0 Å². The highest BCUT2D eigenvalue weighted by molar-refractivity contribution is 6.30. The third-order valence-electron chi connectivity index (χ3n) is 3.90. The van der Waals surface area contributed by atoms with Crippen molar-refractivity contribution in [3.63, 3.8) is 0 Å². The number of halogens is 1. The van der Waals surface area contributed by atoms with Crippen LogP contribution < -0.4 is 0 Å². The number of piperidine rings is 1. The molecule has 19 heavy (non-hydrogen) atoms. The molecule has 2 heterocycles. The number of nitrogens with zero attached hydrogens (tertiary/aromatic N) is 1. The summed E-state index contributed by atoms with van der Waals surface area (Å²) in [6.45, 7) is 3.49. The zero-order valence-electron chi connectivity index (χ0n) is 11.1. The lowest BCUT2D eigenvalue weighted by Gasteiger charge is -2.38. The van der Waals surface area contributed by atoms with Crippen molar-refractivity contribution in [1.29, 1.82) is 0 Å². The predicted octanol–water partition coefficient (Wildman–Crippen LogP) is 3.07. The van der Waals surface area contributed by atoms with E-state index in [1.807, 2.05) is 18.2 Å². The molecule has 1 unspecified atom stereocenters. The van der Waals surface area contributed by atoms with Crippen LogP contribution in [0.1, 0.15) is 24.8 Å². The average Bonchev–Trinajstić information content (AvgIpc) is 2.93. The van der Waals surface area contributed by atoms with Crippen molar-refractivity contribution >= 4 is 11.6 Å². The van der Waals surface area contributed by atoms with Gasteiger partial charge in [-0.3, -0.25) is 4.90 Å². The molecule has 1 aromatic carbocycles. The number of hydrogen-bond donors (Lipinski definition) is 0. The Kier molecular flexibility index (Phi) is 4.38. The van der Waals surface area contributed by atoms with Gasteiger partial charge in [-0.1, -0.05) is 30.2 Å². The topological polar surface area (TPSA) is 21.7 Å². The summed E-state index contributed by atoms with van der Waals surface area (Å²) >= 11 is 6.06.